The second-order valence-electron chi connectivity index (χ2n) is 7.12. The summed E-state index contributed by atoms with van der Waals surface area (Å²) in [5, 5.41) is -0.0896. The van der Waals surface area contributed by atoms with Gasteiger partial charge in [-0.3, -0.25) is 4.79 Å². The van der Waals surface area contributed by atoms with E-state index in [9.17, 15) is 22.8 Å². The van der Waals surface area contributed by atoms with Gasteiger partial charge in [0.05, 0.1) is 24.7 Å². The lowest BCUT2D eigenvalue weighted by molar-refractivity contribution is -0.152. The monoisotopic (exact) mass is 480 g/mol. The lowest BCUT2D eigenvalue weighted by atomic mass is 10.0. The summed E-state index contributed by atoms with van der Waals surface area (Å²) in [6.07, 6.45) is -6.02. The van der Waals surface area contributed by atoms with Crippen LogP contribution in [0.4, 0.5) is 13.2 Å². The summed E-state index contributed by atoms with van der Waals surface area (Å²) in [6, 6.07) is 9.64. The molecule has 1 aromatic heterocycles. The summed E-state index contributed by atoms with van der Waals surface area (Å²) in [5.74, 6) is -2.02. The van der Waals surface area contributed by atoms with E-state index >= 15 is 0 Å². The molecule has 3 rings (SSSR count). The second-order valence-corrected chi connectivity index (χ2v) is 7.12. The van der Waals surface area contributed by atoms with Crippen LogP contribution in [0.3, 0.4) is 0 Å². The Labute approximate surface area is 193 Å². The molecule has 0 aliphatic heterocycles. The number of para-hydroxylation sites is 1. The first kappa shape index (κ1) is 25.1. The van der Waals surface area contributed by atoms with Crippen molar-refractivity contribution < 1.29 is 41.3 Å². The number of esters is 1. The van der Waals surface area contributed by atoms with E-state index in [0.29, 0.717) is 6.61 Å². The summed E-state index contributed by atoms with van der Waals surface area (Å²) in [5.41, 5.74) is -1.92. The molecule has 7 nitrogen and oxygen atoms in total. The maximum Gasteiger partial charge on any atom is 0.450 e. The third-order valence-corrected chi connectivity index (χ3v) is 4.82. The quantitative estimate of drug-likeness (QED) is 0.320. The van der Waals surface area contributed by atoms with Crippen molar-refractivity contribution in [2.75, 3.05) is 26.9 Å². The topological polar surface area (TPSA) is 84.2 Å². The van der Waals surface area contributed by atoms with Crippen molar-refractivity contribution in [2.45, 2.75) is 26.1 Å². The lowest BCUT2D eigenvalue weighted by Gasteiger charge is -2.16. The molecule has 0 amide bonds. The standard InChI is InChI=1S/C24H23F3O7/c1-4-31-11-12-32-23(29)14(2)33-15-9-10-17-19(13-15)34-22(24(25,26)27)20(21(17)28)16-7-5-6-8-18(16)30-3/h5-10,13-14H,4,11-12H2,1-3H3/t14-/m0/s1. The van der Waals surface area contributed by atoms with E-state index in [4.69, 9.17) is 23.4 Å². The van der Waals surface area contributed by atoms with Crippen LogP contribution in [0.1, 0.15) is 19.6 Å². The average molecular weight is 480 g/mol. The van der Waals surface area contributed by atoms with Crippen molar-refractivity contribution in [1.29, 1.82) is 0 Å². The predicted molar refractivity (Wildman–Crippen MR) is 117 cm³/mol. The van der Waals surface area contributed by atoms with Gasteiger partial charge in [-0.15, -0.1) is 0 Å². The zero-order valence-corrected chi connectivity index (χ0v) is 18.7. The molecule has 3 aromatic rings. The molecule has 0 fully saturated rings. The largest absolute Gasteiger partial charge is 0.496 e. The maximum atomic E-state index is 13.9. The Morgan fingerprint density at radius 2 is 1.85 bits per heavy atom. The Hall–Kier alpha value is -3.53. The fraction of sp³-hybridized carbons (Fsp3) is 0.333. The Morgan fingerprint density at radius 3 is 2.53 bits per heavy atom. The summed E-state index contributed by atoms with van der Waals surface area (Å²) in [7, 11) is 1.29. The number of hydrogen-bond donors (Lipinski definition) is 0. The first-order chi connectivity index (χ1) is 16.2. The molecule has 0 saturated carbocycles. The van der Waals surface area contributed by atoms with Gasteiger partial charge in [0.15, 0.2) is 6.10 Å². The van der Waals surface area contributed by atoms with Crippen molar-refractivity contribution >= 4 is 16.9 Å². The zero-order chi connectivity index (χ0) is 24.9. The molecule has 2 aromatic carbocycles. The molecule has 0 spiro atoms. The third-order valence-electron chi connectivity index (χ3n) is 4.82. The summed E-state index contributed by atoms with van der Waals surface area (Å²) in [6.45, 7) is 3.97. The van der Waals surface area contributed by atoms with Gasteiger partial charge >= 0.3 is 12.1 Å². The van der Waals surface area contributed by atoms with Gasteiger partial charge < -0.3 is 23.4 Å². The molecule has 1 heterocycles. The molecule has 182 valence electrons. The van der Waals surface area contributed by atoms with Crippen LogP contribution in [0, 0.1) is 0 Å². The summed E-state index contributed by atoms with van der Waals surface area (Å²) >= 11 is 0. The van der Waals surface area contributed by atoms with E-state index in [0.717, 1.165) is 6.07 Å². The van der Waals surface area contributed by atoms with Gasteiger partial charge in [-0.05, 0) is 32.0 Å². The van der Waals surface area contributed by atoms with Crippen LogP contribution in [0.2, 0.25) is 0 Å². The van der Waals surface area contributed by atoms with E-state index in [2.05, 4.69) is 0 Å². The number of halogens is 3. The molecule has 34 heavy (non-hydrogen) atoms. The molecular weight excluding hydrogens is 457 g/mol. The fourth-order valence-electron chi connectivity index (χ4n) is 3.26. The number of ether oxygens (including phenoxy) is 4. The number of methoxy groups -OCH3 is 1. The number of carbonyl (C=O) groups excluding carboxylic acids is 1. The smallest absolute Gasteiger partial charge is 0.450 e. The molecule has 10 heteroatoms. The van der Waals surface area contributed by atoms with Gasteiger partial charge in [0, 0.05) is 18.2 Å². The first-order valence-corrected chi connectivity index (χ1v) is 10.4. The van der Waals surface area contributed by atoms with Crippen LogP contribution < -0.4 is 14.9 Å². The van der Waals surface area contributed by atoms with E-state index in [1.807, 2.05) is 0 Å². The highest BCUT2D eigenvalue weighted by molar-refractivity contribution is 5.85. The number of hydrogen-bond acceptors (Lipinski definition) is 7. The number of alkyl halides is 3. The molecule has 0 N–H and O–H groups in total. The fourth-order valence-corrected chi connectivity index (χ4v) is 3.26. The van der Waals surface area contributed by atoms with Crippen molar-refractivity contribution in [2.24, 2.45) is 0 Å². The molecule has 0 radical (unpaired) electrons. The van der Waals surface area contributed by atoms with Crippen LogP contribution >= 0.6 is 0 Å². The minimum absolute atomic E-state index is 0.0306. The van der Waals surface area contributed by atoms with Gasteiger partial charge in [0.1, 0.15) is 23.7 Å². The molecule has 0 bridgehead atoms. The lowest BCUT2D eigenvalue weighted by Crippen LogP contribution is -2.27. The van der Waals surface area contributed by atoms with Gasteiger partial charge in [0.2, 0.25) is 11.2 Å². The molecule has 0 aliphatic rings. The highest BCUT2D eigenvalue weighted by Crippen LogP contribution is 2.40. The minimum atomic E-state index is -4.96. The van der Waals surface area contributed by atoms with Crippen LogP contribution in [0.25, 0.3) is 22.1 Å². The average Bonchev–Trinajstić information content (AvgIpc) is 2.81. The number of carbonyl (C=O) groups is 1. The number of fused-ring (bicyclic) bond motifs is 1. The highest BCUT2D eigenvalue weighted by Gasteiger charge is 2.40. The van der Waals surface area contributed by atoms with Gasteiger partial charge in [-0.2, -0.15) is 13.2 Å². The Morgan fingerprint density at radius 1 is 1.12 bits per heavy atom. The summed E-state index contributed by atoms with van der Waals surface area (Å²) < 4.78 is 67.6. The van der Waals surface area contributed by atoms with Gasteiger partial charge in [0.25, 0.3) is 0 Å². The van der Waals surface area contributed by atoms with E-state index in [1.165, 1.54) is 44.4 Å². The maximum absolute atomic E-state index is 13.9. The van der Waals surface area contributed by atoms with Crippen molar-refractivity contribution in [3.8, 4) is 22.6 Å². The Bertz CT molecular complexity index is 1220. The molecule has 0 unspecified atom stereocenters. The normalized spacial score (nSPS) is 12.4. The Kier molecular flexibility index (Phi) is 7.83. The first-order valence-electron chi connectivity index (χ1n) is 10.4. The zero-order valence-electron chi connectivity index (χ0n) is 18.7. The van der Waals surface area contributed by atoms with Crippen LogP contribution in [-0.2, 0) is 20.4 Å². The van der Waals surface area contributed by atoms with Crippen LogP contribution in [0.15, 0.2) is 51.7 Å². The van der Waals surface area contributed by atoms with Crippen LogP contribution in [-0.4, -0.2) is 39.0 Å². The van der Waals surface area contributed by atoms with E-state index < -0.39 is 35.0 Å². The van der Waals surface area contributed by atoms with E-state index in [1.54, 1.807) is 13.0 Å². The van der Waals surface area contributed by atoms with E-state index in [-0.39, 0.29) is 41.2 Å². The molecule has 0 saturated heterocycles. The SMILES string of the molecule is CCOCCOC(=O)[C@H](C)Oc1ccc2c(=O)c(-c3ccccc3OC)c(C(F)(F)F)oc2c1. The molecule has 0 aliphatic carbocycles. The van der Waals surface area contributed by atoms with Crippen molar-refractivity contribution in [3.05, 3.63) is 58.4 Å². The second kappa shape index (κ2) is 10.6. The number of rotatable bonds is 9. The van der Waals surface area contributed by atoms with Crippen molar-refractivity contribution in [1.82, 2.24) is 0 Å². The van der Waals surface area contributed by atoms with Crippen molar-refractivity contribution in [3.63, 3.8) is 0 Å². The van der Waals surface area contributed by atoms with Crippen LogP contribution in [0.5, 0.6) is 11.5 Å². The highest BCUT2D eigenvalue weighted by atomic mass is 19.4. The minimum Gasteiger partial charge on any atom is -0.496 e. The molecular formula is C24H23F3O7. The van der Waals surface area contributed by atoms with Gasteiger partial charge in [-0.1, -0.05) is 18.2 Å². The molecule has 1 atom stereocenters. The Balaban J connectivity index is 2.00. The summed E-state index contributed by atoms with van der Waals surface area (Å²) in [4.78, 5) is 25.2. The third kappa shape index (κ3) is 5.51. The van der Waals surface area contributed by atoms with Gasteiger partial charge in [-0.25, -0.2) is 4.79 Å². The number of benzene rings is 2. The predicted octanol–water partition coefficient (Wildman–Crippen LogP) is 4.83.